The number of carbonyl (C=O) groups excluding carboxylic acids is 4. The fourth-order valence-electron chi connectivity index (χ4n) is 3.64. The zero-order chi connectivity index (χ0) is 22.1. The zero-order valence-electron chi connectivity index (χ0n) is 16.2. The molecule has 3 saturated heterocycles. The van der Waals surface area contributed by atoms with Gasteiger partial charge in [0.15, 0.2) is 5.25 Å². The molecule has 0 radical (unpaired) electrons. The van der Waals surface area contributed by atoms with Crippen molar-refractivity contribution in [3.63, 3.8) is 0 Å². The van der Waals surface area contributed by atoms with Crippen LogP contribution in [-0.4, -0.2) is 76.6 Å². The Kier molecular flexibility index (Phi) is 6.89. The number of sulfonamides is 1. The minimum Gasteiger partial charge on any atom is -0.772 e. The van der Waals surface area contributed by atoms with E-state index in [4.69, 9.17) is 4.84 Å². The highest BCUT2D eigenvalue weighted by atomic mass is 32.2. The van der Waals surface area contributed by atoms with Crippen molar-refractivity contribution in [3.05, 3.63) is 5.21 Å². The molecule has 0 aromatic carbocycles. The standard InChI is InChI=1S/C16H23N4O8S2/c1-2-19(25)30(26,27)11-7-12(21)20(15(11)23)28-13(22)6-4-3-5-10-14-9(8-29-10)17-16(24)18-14/h9-11,14H,2-8H2,1H3,(H2,17,18,24)/q-1. The third-order valence-corrected chi connectivity index (χ3v) is 8.64. The SMILES string of the molecule is CCN([O-])S(=O)(=O)C1CC(=O)N(OC(=O)CCCCC2SCC3NC(=O)NC32)C1=O. The van der Waals surface area contributed by atoms with Crippen LogP contribution in [0.25, 0.3) is 0 Å². The summed E-state index contributed by atoms with van der Waals surface area (Å²) in [6.07, 6.45) is 1.09. The average Bonchev–Trinajstić information content (AvgIpc) is 3.33. The molecule has 3 aliphatic rings. The smallest absolute Gasteiger partial charge is 0.333 e. The summed E-state index contributed by atoms with van der Waals surface area (Å²) < 4.78 is 23.8. The summed E-state index contributed by atoms with van der Waals surface area (Å²) in [5.41, 5.74) is 0. The van der Waals surface area contributed by atoms with Crippen molar-refractivity contribution in [2.45, 2.75) is 61.6 Å². The summed E-state index contributed by atoms with van der Waals surface area (Å²) in [6.45, 7) is 0.895. The Morgan fingerprint density at radius 2 is 2.03 bits per heavy atom. The summed E-state index contributed by atoms with van der Waals surface area (Å²) >= 11 is 1.75. The number of nitrogens with one attached hydrogen (secondary N) is 2. The Hall–Kier alpha value is -1.90. The molecule has 0 saturated carbocycles. The number of nitrogens with zero attached hydrogens (tertiary/aromatic N) is 2. The van der Waals surface area contributed by atoms with E-state index in [-0.39, 0.29) is 39.3 Å². The van der Waals surface area contributed by atoms with E-state index in [1.54, 1.807) is 11.8 Å². The Morgan fingerprint density at radius 3 is 2.73 bits per heavy atom. The number of amides is 4. The van der Waals surface area contributed by atoms with Crippen LogP contribution >= 0.6 is 11.8 Å². The van der Waals surface area contributed by atoms with Crippen LogP contribution in [0.15, 0.2) is 0 Å². The van der Waals surface area contributed by atoms with E-state index in [1.165, 1.54) is 6.92 Å². The molecule has 2 N–H and O–H groups in total. The summed E-state index contributed by atoms with van der Waals surface area (Å²) in [4.78, 5) is 52.3. The van der Waals surface area contributed by atoms with Crippen LogP contribution in [0.2, 0.25) is 0 Å². The second-order valence-corrected chi connectivity index (χ2v) is 10.5. The molecule has 0 bridgehead atoms. The molecule has 3 rings (SSSR count). The number of hydroxylamine groups is 3. The minimum atomic E-state index is -4.54. The average molecular weight is 464 g/mol. The lowest BCUT2D eigenvalue weighted by Gasteiger charge is -2.27. The molecule has 0 spiro atoms. The maximum absolute atomic E-state index is 12.2. The van der Waals surface area contributed by atoms with E-state index in [1.807, 2.05) is 0 Å². The molecule has 168 valence electrons. The molecule has 4 amide bonds. The van der Waals surface area contributed by atoms with Crippen LogP contribution in [0.1, 0.15) is 39.0 Å². The predicted octanol–water partition coefficient (Wildman–Crippen LogP) is -0.553. The fourth-order valence-corrected chi connectivity index (χ4v) is 6.53. The van der Waals surface area contributed by atoms with E-state index in [2.05, 4.69) is 10.6 Å². The second kappa shape index (κ2) is 9.08. The van der Waals surface area contributed by atoms with E-state index in [0.29, 0.717) is 12.8 Å². The first-order valence-electron chi connectivity index (χ1n) is 9.60. The highest BCUT2D eigenvalue weighted by Crippen LogP contribution is 2.33. The molecule has 0 aromatic heterocycles. The number of thioether (sulfide) groups is 1. The third-order valence-electron chi connectivity index (χ3n) is 5.21. The largest absolute Gasteiger partial charge is 0.772 e. The predicted molar refractivity (Wildman–Crippen MR) is 105 cm³/mol. The van der Waals surface area contributed by atoms with Crippen molar-refractivity contribution >= 4 is 45.6 Å². The number of urea groups is 1. The minimum absolute atomic E-state index is 0.0623. The van der Waals surface area contributed by atoms with Crippen molar-refractivity contribution in [1.82, 2.24) is 20.2 Å². The Labute approximate surface area is 177 Å². The zero-order valence-corrected chi connectivity index (χ0v) is 17.9. The summed E-state index contributed by atoms with van der Waals surface area (Å²) in [6, 6.07) is 0.0155. The monoisotopic (exact) mass is 463 g/mol. The van der Waals surface area contributed by atoms with Crippen molar-refractivity contribution < 1.29 is 32.4 Å². The number of hydrogen-bond donors (Lipinski definition) is 2. The van der Waals surface area contributed by atoms with Crippen LogP contribution in [-0.2, 0) is 29.2 Å². The van der Waals surface area contributed by atoms with Crippen LogP contribution in [0.3, 0.4) is 0 Å². The molecule has 0 aromatic rings. The lowest BCUT2D eigenvalue weighted by atomic mass is 10.0. The normalized spacial score (nSPS) is 28.6. The first-order valence-corrected chi connectivity index (χ1v) is 12.1. The van der Waals surface area contributed by atoms with Crippen molar-refractivity contribution in [2.24, 2.45) is 0 Å². The highest BCUT2D eigenvalue weighted by Gasteiger charge is 2.49. The number of rotatable bonds is 9. The lowest BCUT2D eigenvalue weighted by Crippen LogP contribution is -2.41. The number of carbonyl (C=O) groups is 4. The van der Waals surface area contributed by atoms with Gasteiger partial charge in [-0.3, -0.25) is 14.1 Å². The molecule has 3 fully saturated rings. The van der Waals surface area contributed by atoms with Gasteiger partial charge in [-0.2, -0.15) is 11.8 Å². The first-order chi connectivity index (χ1) is 14.1. The number of unbranched alkanes of at least 4 members (excludes halogenated alkanes) is 1. The fraction of sp³-hybridized carbons (Fsp3) is 0.750. The lowest BCUT2D eigenvalue weighted by molar-refractivity contribution is -0.197. The van der Waals surface area contributed by atoms with Gasteiger partial charge in [0, 0.05) is 17.4 Å². The molecule has 0 aliphatic carbocycles. The Bertz CT molecular complexity index is 835. The van der Waals surface area contributed by atoms with Gasteiger partial charge >= 0.3 is 12.0 Å². The molecule has 3 aliphatic heterocycles. The van der Waals surface area contributed by atoms with Crippen LogP contribution in [0, 0.1) is 5.21 Å². The third kappa shape index (κ3) is 4.55. The van der Waals surface area contributed by atoms with E-state index >= 15 is 0 Å². The number of fused-ring (bicyclic) bond motifs is 1. The van der Waals surface area contributed by atoms with E-state index in [9.17, 15) is 32.8 Å². The van der Waals surface area contributed by atoms with Crippen molar-refractivity contribution in [1.29, 1.82) is 0 Å². The first kappa shape index (κ1) is 22.8. The molecule has 30 heavy (non-hydrogen) atoms. The van der Waals surface area contributed by atoms with E-state index < -0.39 is 46.0 Å². The maximum Gasteiger partial charge on any atom is 0.333 e. The van der Waals surface area contributed by atoms with Gasteiger partial charge in [0.05, 0.1) is 18.5 Å². The molecule has 12 nitrogen and oxygen atoms in total. The van der Waals surface area contributed by atoms with Crippen LogP contribution in [0.4, 0.5) is 4.79 Å². The molecular formula is C16H23N4O8S2-. The van der Waals surface area contributed by atoms with Crippen molar-refractivity contribution in [2.75, 3.05) is 12.3 Å². The molecule has 3 heterocycles. The quantitative estimate of drug-likeness (QED) is 0.197. The number of hydrogen-bond acceptors (Lipinski definition) is 9. The van der Waals surface area contributed by atoms with E-state index in [0.717, 1.165) is 12.2 Å². The van der Waals surface area contributed by atoms with Crippen LogP contribution < -0.4 is 10.6 Å². The molecule has 14 heteroatoms. The van der Waals surface area contributed by atoms with Gasteiger partial charge in [-0.25, -0.2) is 18.0 Å². The van der Waals surface area contributed by atoms with Crippen LogP contribution in [0.5, 0.6) is 0 Å². The summed E-state index contributed by atoms with van der Waals surface area (Å²) in [5, 5.41) is 15.7. The second-order valence-electron chi connectivity index (χ2n) is 7.21. The summed E-state index contributed by atoms with van der Waals surface area (Å²) in [5.74, 6) is -2.22. The topological polar surface area (TPSA) is 165 Å². The maximum atomic E-state index is 12.2. The summed E-state index contributed by atoms with van der Waals surface area (Å²) in [7, 11) is -4.54. The van der Waals surface area contributed by atoms with Crippen molar-refractivity contribution in [3.8, 4) is 0 Å². The van der Waals surface area contributed by atoms with Gasteiger partial charge in [-0.15, -0.1) is 5.06 Å². The van der Waals surface area contributed by atoms with Gasteiger partial charge < -0.3 is 20.7 Å². The van der Waals surface area contributed by atoms with Gasteiger partial charge in [0.25, 0.3) is 11.8 Å². The number of imide groups is 1. The highest BCUT2D eigenvalue weighted by molar-refractivity contribution is 8.00. The Morgan fingerprint density at radius 1 is 1.30 bits per heavy atom. The molecular weight excluding hydrogens is 440 g/mol. The van der Waals surface area contributed by atoms with Gasteiger partial charge in [-0.05, 0) is 19.4 Å². The molecule has 4 atom stereocenters. The van der Waals surface area contributed by atoms with Gasteiger partial charge in [-0.1, -0.05) is 13.3 Å². The van der Waals surface area contributed by atoms with Gasteiger partial charge in [0.1, 0.15) is 0 Å². The van der Waals surface area contributed by atoms with Gasteiger partial charge in [0.2, 0.25) is 10.0 Å². The Balaban J connectivity index is 1.43. The molecule has 4 unspecified atom stereocenters.